The Labute approximate surface area is 125 Å². The van der Waals surface area contributed by atoms with E-state index in [1.165, 1.54) is 12.1 Å². The lowest BCUT2D eigenvalue weighted by Gasteiger charge is -2.10. The first kappa shape index (κ1) is 13.8. The lowest BCUT2D eigenvalue weighted by atomic mass is 10.3. The minimum absolute atomic E-state index is 0.0950. The Morgan fingerprint density at radius 2 is 1.84 bits per heavy atom. The number of nitrogens with zero attached hydrogens (tertiary/aromatic N) is 2. The van der Waals surface area contributed by atoms with Gasteiger partial charge in [-0.05, 0) is 50.1 Å². The van der Waals surface area contributed by atoms with Crippen molar-refractivity contribution in [1.82, 2.24) is 4.98 Å². The first-order valence-electron chi connectivity index (χ1n) is 5.11. The summed E-state index contributed by atoms with van der Waals surface area (Å²) in [4.78, 5) is 14.4. The van der Waals surface area contributed by atoms with Crippen molar-refractivity contribution in [1.29, 1.82) is 0 Å². The molecule has 8 heteroatoms. The highest BCUT2D eigenvalue weighted by Gasteiger charge is 2.17. The largest absolute Gasteiger partial charge is 0.384 e. The molecule has 0 bridgehead atoms. The van der Waals surface area contributed by atoms with Gasteiger partial charge in [0.1, 0.15) is 5.82 Å². The number of nitrogens with two attached hydrogens (primary N) is 1. The van der Waals surface area contributed by atoms with Crippen molar-refractivity contribution in [3.63, 3.8) is 0 Å². The van der Waals surface area contributed by atoms with Crippen LogP contribution in [0.3, 0.4) is 0 Å². The first-order chi connectivity index (χ1) is 8.99. The van der Waals surface area contributed by atoms with Gasteiger partial charge in [0.25, 0.3) is 0 Å². The summed E-state index contributed by atoms with van der Waals surface area (Å²) in [5.74, 6) is 0.300. The predicted octanol–water partition coefficient (Wildman–Crippen LogP) is 3.84. The molecule has 0 aliphatic rings. The molecule has 0 fully saturated rings. The molecule has 2 rings (SSSR count). The van der Waals surface area contributed by atoms with Gasteiger partial charge in [0, 0.05) is 15.0 Å². The Bertz CT molecular complexity index is 628. The molecule has 0 saturated carbocycles. The number of hydrogen-bond donors (Lipinski definition) is 2. The molecule has 0 spiro atoms. The fraction of sp³-hybridized carbons (Fsp3) is 0. The first-order valence-corrected chi connectivity index (χ1v) is 6.69. The minimum atomic E-state index is -0.514. The predicted molar refractivity (Wildman–Crippen MR) is 80.4 cm³/mol. The number of para-hydroxylation sites is 1. The second kappa shape index (κ2) is 5.54. The lowest BCUT2D eigenvalue weighted by Crippen LogP contribution is -2.02. The Balaban J connectivity index is 2.49. The second-order valence-electron chi connectivity index (χ2n) is 3.58. The van der Waals surface area contributed by atoms with E-state index in [1.807, 2.05) is 18.2 Å². The van der Waals surface area contributed by atoms with Crippen molar-refractivity contribution in [3.8, 4) is 0 Å². The normalized spacial score (nSPS) is 10.2. The van der Waals surface area contributed by atoms with Crippen LogP contribution in [0.25, 0.3) is 0 Å². The SMILES string of the molecule is Nc1ccc([N+](=O)[O-])c(Nc2c(Br)cccc2Br)n1. The fourth-order valence-corrected chi connectivity index (χ4v) is 2.64. The van der Waals surface area contributed by atoms with Gasteiger partial charge in [-0.1, -0.05) is 6.07 Å². The number of rotatable bonds is 3. The zero-order chi connectivity index (χ0) is 14.0. The summed E-state index contributed by atoms with van der Waals surface area (Å²) in [7, 11) is 0. The van der Waals surface area contributed by atoms with Gasteiger partial charge in [0.2, 0.25) is 5.82 Å². The molecule has 1 aromatic carbocycles. The summed E-state index contributed by atoms with van der Waals surface area (Å²) < 4.78 is 1.50. The third kappa shape index (κ3) is 3.02. The molecule has 1 heterocycles. The molecule has 0 atom stereocenters. The van der Waals surface area contributed by atoms with E-state index in [2.05, 4.69) is 42.2 Å². The highest BCUT2D eigenvalue weighted by Crippen LogP contribution is 2.35. The van der Waals surface area contributed by atoms with Gasteiger partial charge in [0.05, 0.1) is 10.6 Å². The molecule has 6 nitrogen and oxygen atoms in total. The summed E-state index contributed by atoms with van der Waals surface area (Å²) in [5.41, 5.74) is 6.06. The molecule has 19 heavy (non-hydrogen) atoms. The van der Waals surface area contributed by atoms with E-state index < -0.39 is 4.92 Å². The van der Waals surface area contributed by atoms with Crippen LogP contribution >= 0.6 is 31.9 Å². The van der Waals surface area contributed by atoms with Crippen LogP contribution in [0.5, 0.6) is 0 Å². The number of benzene rings is 1. The summed E-state index contributed by atoms with van der Waals surface area (Å²) in [6, 6.07) is 8.16. The number of halogens is 2. The summed E-state index contributed by atoms with van der Waals surface area (Å²) in [6.07, 6.45) is 0. The number of hydrogen-bond acceptors (Lipinski definition) is 5. The molecule has 0 amide bonds. The van der Waals surface area contributed by atoms with Crippen LogP contribution in [0.2, 0.25) is 0 Å². The summed E-state index contributed by atoms with van der Waals surface area (Å²) >= 11 is 6.73. The van der Waals surface area contributed by atoms with Crippen molar-refractivity contribution < 1.29 is 4.92 Å². The average Bonchev–Trinajstić information content (AvgIpc) is 2.33. The van der Waals surface area contributed by atoms with Crippen LogP contribution in [-0.2, 0) is 0 Å². The van der Waals surface area contributed by atoms with Crippen LogP contribution in [0.4, 0.5) is 23.0 Å². The second-order valence-corrected chi connectivity index (χ2v) is 5.29. The third-order valence-electron chi connectivity index (χ3n) is 2.30. The smallest absolute Gasteiger partial charge is 0.311 e. The Kier molecular flexibility index (Phi) is 4.01. The Morgan fingerprint density at radius 1 is 1.21 bits per heavy atom. The molecule has 2 aromatic rings. The summed E-state index contributed by atoms with van der Waals surface area (Å²) in [5, 5.41) is 13.9. The molecule has 0 radical (unpaired) electrons. The highest BCUT2D eigenvalue weighted by atomic mass is 79.9. The average molecular weight is 388 g/mol. The van der Waals surface area contributed by atoms with Crippen LogP contribution in [0, 0.1) is 10.1 Å². The van der Waals surface area contributed by atoms with Crippen molar-refractivity contribution in [2.45, 2.75) is 0 Å². The maximum Gasteiger partial charge on any atom is 0.311 e. The maximum absolute atomic E-state index is 11.0. The van der Waals surface area contributed by atoms with Crippen molar-refractivity contribution >= 4 is 54.9 Å². The van der Waals surface area contributed by atoms with Crippen molar-refractivity contribution in [3.05, 3.63) is 49.4 Å². The Morgan fingerprint density at radius 3 is 2.42 bits per heavy atom. The molecule has 98 valence electrons. The van der Waals surface area contributed by atoms with Crippen molar-refractivity contribution in [2.24, 2.45) is 0 Å². The quantitative estimate of drug-likeness (QED) is 0.616. The molecular formula is C11H8Br2N4O2. The Hall–Kier alpha value is -1.67. The van der Waals surface area contributed by atoms with Gasteiger partial charge in [-0.3, -0.25) is 10.1 Å². The van der Waals surface area contributed by atoms with E-state index in [4.69, 9.17) is 5.73 Å². The molecule has 3 N–H and O–H groups in total. The van der Waals surface area contributed by atoms with E-state index in [-0.39, 0.29) is 17.3 Å². The van der Waals surface area contributed by atoms with Crippen molar-refractivity contribution in [2.75, 3.05) is 11.1 Å². The van der Waals surface area contributed by atoms with Crippen LogP contribution in [0.15, 0.2) is 39.3 Å². The number of nitro groups is 1. The van der Waals surface area contributed by atoms with E-state index >= 15 is 0 Å². The zero-order valence-corrected chi connectivity index (χ0v) is 12.6. The third-order valence-corrected chi connectivity index (χ3v) is 3.62. The molecule has 1 aromatic heterocycles. The standard InChI is InChI=1S/C11H8Br2N4O2/c12-6-2-1-3-7(13)10(6)16-11-8(17(18)19)4-5-9(14)15-11/h1-5H,(H3,14,15,16). The van der Waals surface area contributed by atoms with E-state index in [9.17, 15) is 10.1 Å². The van der Waals surface area contributed by atoms with Gasteiger partial charge >= 0.3 is 5.69 Å². The monoisotopic (exact) mass is 386 g/mol. The number of anilines is 3. The van der Waals surface area contributed by atoms with Crippen LogP contribution in [-0.4, -0.2) is 9.91 Å². The van der Waals surface area contributed by atoms with Crippen LogP contribution < -0.4 is 11.1 Å². The molecular weight excluding hydrogens is 380 g/mol. The van der Waals surface area contributed by atoms with E-state index in [0.717, 1.165) is 8.95 Å². The lowest BCUT2D eigenvalue weighted by molar-refractivity contribution is -0.384. The summed E-state index contributed by atoms with van der Waals surface area (Å²) in [6.45, 7) is 0. The van der Waals surface area contributed by atoms with E-state index in [0.29, 0.717) is 5.69 Å². The number of pyridine rings is 1. The molecule has 0 aliphatic heterocycles. The highest BCUT2D eigenvalue weighted by molar-refractivity contribution is 9.11. The van der Waals surface area contributed by atoms with Gasteiger partial charge in [-0.25, -0.2) is 4.98 Å². The zero-order valence-electron chi connectivity index (χ0n) is 9.43. The van der Waals surface area contributed by atoms with E-state index in [1.54, 1.807) is 0 Å². The molecule has 0 unspecified atom stereocenters. The van der Waals surface area contributed by atoms with Gasteiger partial charge in [-0.15, -0.1) is 0 Å². The number of aromatic nitrogens is 1. The fourth-order valence-electron chi connectivity index (χ4n) is 1.44. The number of nitrogens with one attached hydrogen (secondary N) is 1. The van der Waals surface area contributed by atoms with Crippen LogP contribution in [0.1, 0.15) is 0 Å². The van der Waals surface area contributed by atoms with Gasteiger partial charge in [0.15, 0.2) is 0 Å². The maximum atomic E-state index is 11.0. The van der Waals surface area contributed by atoms with Gasteiger partial charge < -0.3 is 11.1 Å². The molecule has 0 saturated heterocycles. The minimum Gasteiger partial charge on any atom is -0.384 e. The number of nitrogen functional groups attached to an aromatic ring is 1. The molecule has 0 aliphatic carbocycles. The van der Waals surface area contributed by atoms with Gasteiger partial charge in [-0.2, -0.15) is 0 Å². The topological polar surface area (TPSA) is 94.1 Å².